The number of alkyl halides is 3. The molecule has 4 aromatic heterocycles. The molecule has 0 fully saturated rings. The maximum Gasteiger partial charge on any atom is 0.435 e. The monoisotopic (exact) mass is 457 g/mol. The molecule has 33 heavy (non-hydrogen) atoms. The zero-order valence-electron chi connectivity index (χ0n) is 17.4. The summed E-state index contributed by atoms with van der Waals surface area (Å²) < 4.78 is 46.4. The van der Waals surface area contributed by atoms with E-state index >= 15 is 0 Å². The summed E-state index contributed by atoms with van der Waals surface area (Å²) in [6, 6.07) is 7.14. The summed E-state index contributed by atoms with van der Waals surface area (Å²) in [7, 11) is 0. The molecule has 2 N–H and O–H groups in total. The minimum absolute atomic E-state index is 0.178. The molecule has 4 heterocycles. The first kappa shape index (κ1) is 22.1. The van der Waals surface area contributed by atoms with Gasteiger partial charge in [-0.2, -0.15) is 23.0 Å². The number of nitrogens with zero attached hydrogens (tertiary/aromatic N) is 6. The van der Waals surface area contributed by atoms with E-state index in [0.29, 0.717) is 17.2 Å². The average Bonchev–Trinajstić information content (AvgIpc) is 3.19. The number of aromatic nitrogens is 6. The lowest BCUT2D eigenvalue weighted by Crippen LogP contribution is -2.17. The smallest absolute Gasteiger partial charge is 0.435 e. The lowest BCUT2D eigenvalue weighted by atomic mass is 10.0. The van der Waals surface area contributed by atoms with Crippen LogP contribution in [0, 0.1) is 0 Å². The van der Waals surface area contributed by atoms with E-state index in [2.05, 4.69) is 30.4 Å². The van der Waals surface area contributed by atoms with Crippen LogP contribution >= 0.6 is 0 Å². The minimum atomic E-state index is -4.66. The van der Waals surface area contributed by atoms with Gasteiger partial charge in [-0.05, 0) is 32.0 Å². The van der Waals surface area contributed by atoms with Gasteiger partial charge in [-0.1, -0.05) is 0 Å². The van der Waals surface area contributed by atoms with E-state index in [1.807, 2.05) is 0 Å². The van der Waals surface area contributed by atoms with Crippen molar-refractivity contribution in [3.8, 4) is 17.3 Å². The van der Waals surface area contributed by atoms with Crippen LogP contribution in [0.5, 0.6) is 11.6 Å². The molecule has 0 aromatic carbocycles. The Morgan fingerprint density at radius 1 is 0.970 bits per heavy atom. The number of ether oxygens (including phenoxy) is 1. The van der Waals surface area contributed by atoms with Crippen LogP contribution in [0.15, 0.2) is 61.4 Å². The van der Waals surface area contributed by atoms with E-state index in [9.17, 15) is 18.3 Å². The van der Waals surface area contributed by atoms with Gasteiger partial charge in [-0.3, -0.25) is 4.98 Å². The Morgan fingerprint density at radius 2 is 1.70 bits per heavy atom. The molecule has 9 nitrogen and oxygen atoms in total. The van der Waals surface area contributed by atoms with E-state index in [1.54, 1.807) is 26.0 Å². The van der Waals surface area contributed by atoms with Crippen LogP contribution in [0.2, 0.25) is 0 Å². The van der Waals surface area contributed by atoms with Crippen molar-refractivity contribution in [3.63, 3.8) is 0 Å². The molecule has 0 spiro atoms. The van der Waals surface area contributed by atoms with Gasteiger partial charge in [0.1, 0.15) is 29.2 Å². The van der Waals surface area contributed by atoms with Gasteiger partial charge in [0.15, 0.2) is 5.69 Å². The molecular formula is C21H18F3N7O2. The summed E-state index contributed by atoms with van der Waals surface area (Å²) in [5.41, 5.74) is -0.992. The maximum atomic E-state index is 13.3. The van der Waals surface area contributed by atoms with Gasteiger partial charge in [-0.15, -0.1) is 0 Å². The van der Waals surface area contributed by atoms with Crippen molar-refractivity contribution in [1.29, 1.82) is 0 Å². The number of aliphatic hydroxyl groups is 1. The highest BCUT2D eigenvalue weighted by atomic mass is 19.4. The van der Waals surface area contributed by atoms with Gasteiger partial charge in [0, 0.05) is 30.2 Å². The summed E-state index contributed by atoms with van der Waals surface area (Å²) >= 11 is 0. The zero-order chi connectivity index (χ0) is 23.6. The fourth-order valence-corrected chi connectivity index (χ4v) is 2.82. The van der Waals surface area contributed by atoms with Crippen LogP contribution in [-0.4, -0.2) is 34.8 Å². The summed E-state index contributed by atoms with van der Waals surface area (Å²) in [4.78, 5) is 16.0. The Morgan fingerprint density at radius 3 is 2.39 bits per heavy atom. The van der Waals surface area contributed by atoms with Crippen molar-refractivity contribution >= 4 is 11.5 Å². The topological polar surface area (TPSA) is 111 Å². The molecule has 0 atom stereocenters. The zero-order valence-corrected chi connectivity index (χ0v) is 17.4. The first-order valence-corrected chi connectivity index (χ1v) is 9.62. The van der Waals surface area contributed by atoms with E-state index in [4.69, 9.17) is 4.74 Å². The summed E-state index contributed by atoms with van der Waals surface area (Å²) in [5, 5.41) is 16.8. The van der Waals surface area contributed by atoms with Crippen molar-refractivity contribution in [1.82, 2.24) is 29.7 Å². The molecule has 0 amide bonds. The Balaban J connectivity index is 1.62. The van der Waals surface area contributed by atoms with Gasteiger partial charge in [0.05, 0.1) is 18.1 Å². The van der Waals surface area contributed by atoms with Crippen LogP contribution in [0.25, 0.3) is 5.69 Å². The molecule has 4 rings (SSSR count). The molecular weight excluding hydrogens is 439 g/mol. The molecule has 0 aliphatic carbocycles. The standard InChI is InChI=1S/C21H18F3N7O2/c1-20(2,32)16-7-13(3-5-27-16)29-18-8-15(4-6-28-18)33-19-9-17(21(22,23)24)30-31(19)14-10-25-12-26-11-14/h3-12,32H,1-2H3,(H,27,28,29). The van der Waals surface area contributed by atoms with Gasteiger partial charge < -0.3 is 15.2 Å². The second-order valence-electron chi connectivity index (χ2n) is 7.47. The van der Waals surface area contributed by atoms with Crippen molar-refractivity contribution in [2.24, 2.45) is 0 Å². The van der Waals surface area contributed by atoms with Crippen molar-refractivity contribution in [2.75, 3.05) is 5.32 Å². The number of hydrogen-bond donors (Lipinski definition) is 2. The van der Waals surface area contributed by atoms with Crippen molar-refractivity contribution in [3.05, 3.63) is 72.8 Å². The molecule has 4 aromatic rings. The normalized spacial score (nSPS) is 11.9. The van der Waals surface area contributed by atoms with Crippen LogP contribution in [0.3, 0.4) is 0 Å². The fraction of sp³-hybridized carbons (Fsp3) is 0.190. The van der Waals surface area contributed by atoms with Crippen molar-refractivity contribution < 1.29 is 23.0 Å². The van der Waals surface area contributed by atoms with E-state index in [-0.39, 0.29) is 17.3 Å². The summed E-state index contributed by atoms with van der Waals surface area (Å²) in [5.74, 6) is 0.407. The minimum Gasteiger partial charge on any atom is -0.439 e. The molecule has 0 aliphatic rings. The van der Waals surface area contributed by atoms with Crippen LogP contribution < -0.4 is 10.1 Å². The Kier molecular flexibility index (Phi) is 5.68. The fourth-order valence-electron chi connectivity index (χ4n) is 2.82. The quantitative estimate of drug-likeness (QED) is 0.443. The third-order valence-electron chi connectivity index (χ3n) is 4.37. The molecule has 0 unspecified atom stereocenters. The Hall–Kier alpha value is -4.06. The van der Waals surface area contributed by atoms with Crippen molar-refractivity contribution in [2.45, 2.75) is 25.6 Å². The number of halogens is 3. The van der Waals surface area contributed by atoms with E-state index in [1.165, 1.54) is 43.2 Å². The van der Waals surface area contributed by atoms with Crippen LogP contribution in [-0.2, 0) is 11.8 Å². The summed E-state index contributed by atoms with van der Waals surface area (Å²) in [6.07, 6.45) is 2.19. The maximum absolute atomic E-state index is 13.3. The van der Waals surface area contributed by atoms with Crippen LogP contribution in [0.4, 0.5) is 24.7 Å². The van der Waals surface area contributed by atoms with E-state index in [0.717, 1.165) is 10.7 Å². The van der Waals surface area contributed by atoms with E-state index < -0.39 is 17.5 Å². The third kappa shape index (κ3) is 5.23. The highest BCUT2D eigenvalue weighted by Crippen LogP contribution is 2.34. The average molecular weight is 457 g/mol. The predicted molar refractivity (Wildman–Crippen MR) is 111 cm³/mol. The van der Waals surface area contributed by atoms with Gasteiger partial charge in [0.2, 0.25) is 5.88 Å². The van der Waals surface area contributed by atoms with Gasteiger partial charge in [0.25, 0.3) is 0 Å². The molecule has 0 aliphatic heterocycles. The number of anilines is 2. The number of pyridine rings is 2. The number of nitrogens with one attached hydrogen (secondary N) is 1. The number of hydrogen-bond acceptors (Lipinski definition) is 8. The highest BCUT2D eigenvalue weighted by molar-refractivity contribution is 5.57. The lowest BCUT2D eigenvalue weighted by Gasteiger charge is -2.17. The van der Waals surface area contributed by atoms with Gasteiger partial charge in [-0.25, -0.2) is 15.0 Å². The second-order valence-corrected chi connectivity index (χ2v) is 7.47. The van der Waals surface area contributed by atoms with Crippen LogP contribution in [0.1, 0.15) is 25.2 Å². The molecule has 0 bridgehead atoms. The predicted octanol–water partition coefficient (Wildman–Crippen LogP) is 4.23. The molecule has 0 saturated heterocycles. The molecule has 0 saturated carbocycles. The number of rotatable bonds is 6. The lowest BCUT2D eigenvalue weighted by molar-refractivity contribution is -0.141. The highest BCUT2D eigenvalue weighted by Gasteiger charge is 2.35. The first-order chi connectivity index (χ1) is 15.6. The molecule has 12 heteroatoms. The van der Waals surface area contributed by atoms with Gasteiger partial charge >= 0.3 is 6.18 Å². The SMILES string of the molecule is CC(C)(O)c1cc(Nc2cc(Oc3cc(C(F)(F)F)nn3-c3cncnc3)ccn2)ccn1. The molecule has 0 radical (unpaired) electrons. The Bertz CT molecular complexity index is 1250. The Labute approximate surface area is 186 Å². The summed E-state index contributed by atoms with van der Waals surface area (Å²) in [6.45, 7) is 3.23. The molecule has 170 valence electrons. The second kappa shape index (κ2) is 8.47. The third-order valence-corrected chi connectivity index (χ3v) is 4.37. The first-order valence-electron chi connectivity index (χ1n) is 9.62. The largest absolute Gasteiger partial charge is 0.439 e.